The van der Waals surface area contributed by atoms with Gasteiger partial charge in [0.25, 0.3) is 0 Å². The van der Waals surface area contributed by atoms with Crippen molar-refractivity contribution in [3.05, 3.63) is 40.9 Å². The molecule has 0 aromatic heterocycles. The van der Waals surface area contributed by atoms with Crippen molar-refractivity contribution in [1.82, 2.24) is 14.5 Å². The molecule has 9 heteroatoms. The highest BCUT2D eigenvalue weighted by Gasteiger charge is 2.29. The zero-order valence-corrected chi connectivity index (χ0v) is 15.5. The predicted molar refractivity (Wildman–Crippen MR) is 97.6 cm³/mol. The van der Waals surface area contributed by atoms with Gasteiger partial charge in [0.2, 0.25) is 10.0 Å². The van der Waals surface area contributed by atoms with E-state index in [9.17, 15) is 8.42 Å². The highest BCUT2D eigenvalue weighted by molar-refractivity contribution is 7.89. The first kappa shape index (κ1) is 18.5. The minimum atomic E-state index is -3.58. The van der Waals surface area contributed by atoms with Crippen LogP contribution in [0, 0.1) is 0 Å². The molecule has 0 amide bonds. The van der Waals surface area contributed by atoms with Crippen molar-refractivity contribution in [3.8, 4) is 0 Å². The minimum Gasteiger partial charge on any atom is -0.359 e. The second kappa shape index (κ2) is 7.81. The fourth-order valence-electron chi connectivity index (χ4n) is 2.19. The number of rotatable bonds is 4. The van der Waals surface area contributed by atoms with Gasteiger partial charge < -0.3 is 10.2 Å². The second-order valence-corrected chi connectivity index (χ2v) is 8.08. The van der Waals surface area contributed by atoms with Crippen LogP contribution in [0.3, 0.4) is 0 Å². The number of nitrogens with zero attached hydrogens (tertiary/aromatic N) is 2. The van der Waals surface area contributed by atoms with Crippen molar-refractivity contribution in [2.45, 2.75) is 4.90 Å². The standard InChI is InChI=1S/C14H17Cl2N3O2S2/c1-2-5-17-14(22)18-6-8-19(9-7-18)23(20,21)11-3-4-12(15)13(16)10-11/h2-4,10H,1,5-9H2,(H,17,22). The third-order valence-corrected chi connectivity index (χ3v) is 6.49. The van der Waals surface area contributed by atoms with Gasteiger partial charge in [-0.1, -0.05) is 29.3 Å². The molecule has 0 aliphatic carbocycles. The summed E-state index contributed by atoms with van der Waals surface area (Å²) in [4.78, 5) is 2.09. The maximum absolute atomic E-state index is 12.6. The van der Waals surface area contributed by atoms with E-state index in [0.29, 0.717) is 42.9 Å². The Morgan fingerprint density at radius 2 is 1.91 bits per heavy atom. The lowest BCUT2D eigenvalue weighted by molar-refractivity contribution is 0.264. The van der Waals surface area contributed by atoms with Gasteiger partial charge >= 0.3 is 0 Å². The Morgan fingerprint density at radius 3 is 2.48 bits per heavy atom. The van der Waals surface area contributed by atoms with Crippen molar-refractivity contribution >= 4 is 50.6 Å². The quantitative estimate of drug-likeness (QED) is 0.628. The molecule has 126 valence electrons. The third kappa shape index (κ3) is 4.36. The van der Waals surface area contributed by atoms with E-state index in [4.69, 9.17) is 35.4 Å². The maximum Gasteiger partial charge on any atom is 0.243 e. The van der Waals surface area contributed by atoms with Gasteiger partial charge in [-0.25, -0.2) is 8.42 Å². The van der Waals surface area contributed by atoms with Crippen molar-refractivity contribution < 1.29 is 8.42 Å². The van der Waals surface area contributed by atoms with E-state index in [1.807, 2.05) is 4.90 Å². The molecule has 23 heavy (non-hydrogen) atoms. The molecule has 1 N–H and O–H groups in total. The van der Waals surface area contributed by atoms with E-state index >= 15 is 0 Å². The van der Waals surface area contributed by atoms with Gasteiger partial charge in [0.1, 0.15) is 0 Å². The lowest BCUT2D eigenvalue weighted by Crippen LogP contribution is -2.53. The van der Waals surface area contributed by atoms with Crippen LogP contribution in [-0.2, 0) is 10.0 Å². The highest BCUT2D eigenvalue weighted by Crippen LogP contribution is 2.27. The lowest BCUT2D eigenvalue weighted by Gasteiger charge is -2.35. The molecule has 1 aliphatic rings. The highest BCUT2D eigenvalue weighted by atomic mass is 35.5. The summed E-state index contributed by atoms with van der Waals surface area (Å²) in [6.45, 7) is 5.99. The SMILES string of the molecule is C=CCNC(=S)N1CCN(S(=O)(=O)c2ccc(Cl)c(Cl)c2)CC1. The zero-order valence-electron chi connectivity index (χ0n) is 12.3. The van der Waals surface area contributed by atoms with E-state index in [1.54, 1.807) is 6.08 Å². The van der Waals surface area contributed by atoms with Gasteiger partial charge in [0.15, 0.2) is 5.11 Å². The second-order valence-electron chi connectivity index (χ2n) is 4.94. The van der Waals surface area contributed by atoms with Crippen molar-refractivity contribution in [1.29, 1.82) is 0 Å². The number of thiocarbonyl (C=S) groups is 1. The van der Waals surface area contributed by atoms with E-state index in [-0.39, 0.29) is 9.92 Å². The van der Waals surface area contributed by atoms with Crippen LogP contribution in [0.4, 0.5) is 0 Å². The molecule has 0 unspecified atom stereocenters. The van der Waals surface area contributed by atoms with Crippen molar-refractivity contribution in [3.63, 3.8) is 0 Å². The molecule has 0 saturated carbocycles. The van der Waals surface area contributed by atoms with Gasteiger partial charge in [0, 0.05) is 32.7 Å². The molecule has 5 nitrogen and oxygen atoms in total. The first-order valence-corrected chi connectivity index (χ1v) is 9.55. The van der Waals surface area contributed by atoms with Crippen LogP contribution < -0.4 is 5.32 Å². The Balaban J connectivity index is 2.05. The van der Waals surface area contributed by atoms with Crippen LogP contribution >= 0.6 is 35.4 Å². The molecule has 0 bridgehead atoms. The van der Waals surface area contributed by atoms with Gasteiger partial charge in [-0.2, -0.15) is 4.31 Å². The Bertz CT molecular complexity index is 702. The van der Waals surface area contributed by atoms with Crippen LogP contribution in [-0.4, -0.2) is 55.5 Å². The molecular formula is C14H17Cl2N3O2S2. The molecule has 0 atom stereocenters. The first-order valence-electron chi connectivity index (χ1n) is 6.95. The summed E-state index contributed by atoms with van der Waals surface area (Å²) in [5.74, 6) is 0. The molecule has 1 fully saturated rings. The summed E-state index contributed by atoms with van der Waals surface area (Å²) >= 11 is 17.0. The fourth-order valence-corrected chi connectivity index (χ4v) is 4.27. The van der Waals surface area contributed by atoms with E-state index in [0.717, 1.165) is 0 Å². The van der Waals surface area contributed by atoms with Crippen molar-refractivity contribution in [2.75, 3.05) is 32.7 Å². The number of halogens is 2. The summed E-state index contributed by atoms with van der Waals surface area (Å²) < 4.78 is 26.7. The Hall–Kier alpha value is -0.860. The summed E-state index contributed by atoms with van der Waals surface area (Å²) in [6.07, 6.45) is 1.72. The molecule has 1 aromatic carbocycles. The van der Waals surface area contributed by atoms with Crippen LogP contribution in [0.5, 0.6) is 0 Å². The normalized spacial score (nSPS) is 16.2. The van der Waals surface area contributed by atoms with Crippen LogP contribution in [0.15, 0.2) is 35.7 Å². The van der Waals surface area contributed by atoms with Gasteiger partial charge in [-0.3, -0.25) is 0 Å². The number of sulfonamides is 1. The molecular weight excluding hydrogens is 377 g/mol. The third-order valence-electron chi connectivity index (χ3n) is 3.45. The van der Waals surface area contributed by atoms with Crippen molar-refractivity contribution in [2.24, 2.45) is 0 Å². The zero-order chi connectivity index (χ0) is 17.0. The Morgan fingerprint density at radius 1 is 1.26 bits per heavy atom. The summed E-state index contributed by atoms with van der Waals surface area (Å²) in [5, 5.41) is 4.20. The number of piperazine rings is 1. The Labute approximate surface area is 151 Å². The average molecular weight is 394 g/mol. The molecule has 1 aromatic rings. The predicted octanol–water partition coefficient (Wildman–Crippen LogP) is 2.36. The average Bonchev–Trinajstić information content (AvgIpc) is 2.55. The number of hydrogen-bond acceptors (Lipinski definition) is 3. The van der Waals surface area contributed by atoms with Gasteiger partial charge in [-0.05, 0) is 30.4 Å². The monoisotopic (exact) mass is 393 g/mol. The molecule has 1 heterocycles. The Kier molecular flexibility index (Phi) is 6.27. The number of nitrogens with one attached hydrogen (secondary N) is 1. The minimum absolute atomic E-state index is 0.146. The van der Waals surface area contributed by atoms with E-state index < -0.39 is 10.0 Å². The maximum atomic E-state index is 12.6. The van der Waals surface area contributed by atoms with E-state index in [1.165, 1.54) is 22.5 Å². The van der Waals surface area contributed by atoms with Gasteiger partial charge in [-0.15, -0.1) is 6.58 Å². The van der Waals surface area contributed by atoms with E-state index in [2.05, 4.69) is 11.9 Å². The smallest absolute Gasteiger partial charge is 0.243 e. The van der Waals surface area contributed by atoms with Crippen LogP contribution in [0.1, 0.15) is 0 Å². The topological polar surface area (TPSA) is 52.6 Å². The number of benzene rings is 1. The molecule has 1 aliphatic heterocycles. The molecule has 1 saturated heterocycles. The molecule has 0 spiro atoms. The van der Waals surface area contributed by atoms with Crippen LogP contribution in [0.25, 0.3) is 0 Å². The molecule has 0 radical (unpaired) electrons. The van der Waals surface area contributed by atoms with Gasteiger partial charge in [0.05, 0.1) is 14.9 Å². The lowest BCUT2D eigenvalue weighted by atomic mass is 10.4. The summed E-state index contributed by atoms with van der Waals surface area (Å²) in [6, 6.07) is 4.33. The summed E-state index contributed by atoms with van der Waals surface area (Å²) in [7, 11) is -3.58. The first-order chi connectivity index (χ1) is 10.9. The fraction of sp³-hybridized carbons (Fsp3) is 0.357. The molecule has 2 rings (SSSR count). The number of hydrogen-bond donors (Lipinski definition) is 1. The van der Waals surface area contributed by atoms with Crippen LogP contribution in [0.2, 0.25) is 10.0 Å². The largest absolute Gasteiger partial charge is 0.359 e. The summed E-state index contributed by atoms with van der Waals surface area (Å²) in [5.41, 5.74) is 0.